The molecule has 0 aromatic carbocycles. The van der Waals surface area contributed by atoms with E-state index < -0.39 is 8.56 Å². The van der Waals surface area contributed by atoms with Crippen LogP contribution in [0.1, 0.15) is 45.4 Å². The molecule has 16 heavy (non-hydrogen) atoms. The van der Waals surface area contributed by atoms with Crippen LogP contribution in [0.3, 0.4) is 0 Å². The van der Waals surface area contributed by atoms with Crippen molar-refractivity contribution in [1.82, 2.24) is 0 Å². The van der Waals surface area contributed by atoms with Crippen LogP contribution >= 0.6 is 0 Å². The summed E-state index contributed by atoms with van der Waals surface area (Å²) in [7, 11) is -1.92. The topological polar surface area (TPSA) is 18.5 Å². The van der Waals surface area contributed by atoms with Gasteiger partial charge in [-0.1, -0.05) is 18.9 Å². The van der Waals surface area contributed by atoms with E-state index in [1.54, 1.807) is 0 Å². The van der Waals surface area contributed by atoms with E-state index in [1.165, 1.54) is 38.5 Å². The van der Waals surface area contributed by atoms with Gasteiger partial charge in [-0.15, -0.1) is 6.58 Å². The second-order valence-electron chi connectivity index (χ2n) is 5.01. The molecule has 0 unspecified atom stereocenters. The zero-order valence-electron chi connectivity index (χ0n) is 10.4. The predicted octanol–water partition coefficient (Wildman–Crippen LogP) is 3.78. The Bertz CT molecular complexity index is 220. The van der Waals surface area contributed by atoms with Gasteiger partial charge in [0.1, 0.15) is 0 Å². The number of hydrogen-bond donors (Lipinski definition) is 0. The molecule has 2 fully saturated rings. The van der Waals surface area contributed by atoms with Crippen molar-refractivity contribution in [2.45, 2.75) is 56.5 Å². The molecule has 0 aromatic rings. The molecular weight excluding hydrogens is 216 g/mol. The van der Waals surface area contributed by atoms with Crippen molar-refractivity contribution < 1.29 is 8.85 Å². The molecule has 0 heterocycles. The lowest BCUT2D eigenvalue weighted by Gasteiger charge is -2.49. The highest BCUT2D eigenvalue weighted by atomic mass is 28.4. The molecule has 3 heteroatoms. The van der Waals surface area contributed by atoms with Gasteiger partial charge in [0.05, 0.1) is 6.61 Å². The van der Waals surface area contributed by atoms with Crippen molar-refractivity contribution in [3.63, 3.8) is 0 Å². The summed E-state index contributed by atoms with van der Waals surface area (Å²) < 4.78 is 12.4. The van der Waals surface area contributed by atoms with Gasteiger partial charge in [-0.05, 0) is 32.6 Å². The largest absolute Gasteiger partial charge is 0.394 e. The van der Waals surface area contributed by atoms with Crippen molar-refractivity contribution in [3.05, 3.63) is 12.7 Å². The number of hydrogen-bond acceptors (Lipinski definition) is 2. The van der Waals surface area contributed by atoms with Crippen LogP contribution in [0.15, 0.2) is 12.7 Å². The van der Waals surface area contributed by atoms with Crippen LogP contribution in [-0.4, -0.2) is 21.8 Å². The van der Waals surface area contributed by atoms with Gasteiger partial charge in [-0.25, -0.2) is 0 Å². The predicted molar refractivity (Wildman–Crippen MR) is 68.7 cm³/mol. The van der Waals surface area contributed by atoms with Gasteiger partial charge in [0.2, 0.25) is 0 Å². The quantitative estimate of drug-likeness (QED) is 0.498. The van der Waals surface area contributed by atoms with Crippen LogP contribution in [0.25, 0.3) is 0 Å². The maximum absolute atomic E-state index is 6.23. The Morgan fingerprint density at radius 1 is 1.12 bits per heavy atom. The maximum atomic E-state index is 6.23. The van der Waals surface area contributed by atoms with E-state index in [2.05, 4.69) is 13.5 Å². The van der Waals surface area contributed by atoms with Gasteiger partial charge in [-0.3, -0.25) is 0 Å². The maximum Gasteiger partial charge on any atom is 0.344 e. The summed E-state index contributed by atoms with van der Waals surface area (Å²) in [4.78, 5) is 0. The summed E-state index contributed by atoms with van der Waals surface area (Å²) in [5, 5.41) is 0. The van der Waals surface area contributed by atoms with E-state index in [9.17, 15) is 0 Å². The summed E-state index contributed by atoms with van der Waals surface area (Å²) in [6.45, 7) is 7.38. The van der Waals surface area contributed by atoms with Crippen LogP contribution in [0, 0.1) is 0 Å². The Labute approximate surface area is 100 Å². The first kappa shape index (κ1) is 12.3. The summed E-state index contributed by atoms with van der Waals surface area (Å²) >= 11 is 0. The normalized spacial score (nSPS) is 22.6. The SMILES string of the molecule is C=CCO[Si](OCC)(C1CCC1)C1CCC1. The zero-order chi connectivity index (χ0) is 11.4. The second kappa shape index (κ2) is 5.47. The first-order valence-corrected chi connectivity index (χ1v) is 8.69. The lowest BCUT2D eigenvalue weighted by atomic mass is 9.98. The van der Waals surface area contributed by atoms with Crippen LogP contribution in [0.2, 0.25) is 11.1 Å². The Morgan fingerprint density at radius 2 is 1.69 bits per heavy atom. The lowest BCUT2D eigenvalue weighted by Crippen LogP contribution is -2.55. The Hall–Kier alpha value is -0.123. The minimum atomic E-state index is -1.92. The molecule has 0 spiro atoms. The minimum Gasteiger partial charge on any atom is -0.394 e. The number of rotatable bonds is 7. The highest BCUT2D eigenvalue weighted by Gasteiger charge is 2.55. The third-order valence-electron chi connectivity index (χ3n) is 4.15. The minimum absolute atomic E-state index is 0.680. The molecule has 2 nitrogen and oxygen atoms in total. The molecule has 2 rings (SSSR count). The van der Waals surface area contributed by atoms with Gasteiger partial charge >= 0.3 is 8.56 Å². The third kappa shape index (κ3) is 2.13. The van der Waals surface area contributed by atoms with Gasteiger partial charge in [0.25, 0.3) is 0 Å². The van der Waals surface area contributed by atoms with E-state index >= 15 is 0 Å². The van der Waals surface area contributed by atoms with E-state index in [4.69, 9.17) is 8.85 Å². The molecule has 0 aliphatic heterocycles. The van der Waals surface area contributed by atoms with Crippen LogP contribution in [0.5, 0.6) is 0 Å². The fourth-order valence-electron chi connectivity index (χ4n) is 2.88. The van der Waals surface area contributed by atoms with Crippen molar-refractivity contribution >= 4 is 8.56 Å². The summed E-state index contributed by atoms with van der Waals surface area (Å²) in [6, 6.07) is 0. The molecule has 0 bridgehead atoms. The Kier molecular flexibility index (Phi) is 4.22. The standard InChI is InChI=1S/C13H24O2Si/c1-3-11-15-16(14-4-2,12-7-5-8-12)13-9-6-10-13/h3,12-13H,1,4-11H2,2H3. The van der Waals surface area contributed by atoms with E-state index in [0.29, 0.717) is 6.61 Å². The van der Waals surface area contributed by atoms with Crippen molar-refractivity contribution in [1.29, 1.82) is 0 Å². The van der Waals surface area contributed by atoms with E-state index in [1.807, 2.05) is 6.08 Å². The van der Waals surface area contributed by atoms with Crippen LogP contribution in [-0.2, 0) is 8.85 Å². The second-order valence-corrected chi connectivity index (χ2v) is 8.66. The molecule has 2 aliphatic rings. The van der Waals surface area contributed by atoms with Gasteiger partial charge in [-0.2, -0.15) is 0 Å². The molecule has 0 radical (unpaired) electrons. The van der Waals surface area contributed by atoms with Crippen LogP contribution in [0.4, 0.5) is 0 Å². The summed E-state index contributed by atoms with van der Waals surface area (Å²) in [5.74, 6) is 0. The lowest BCUT2D eigenvalue weighted by molar-refractivity contribution is 0.140. The molecule has 2 saturated carbocycles. The highest BCUT2D eigenvalue weighted by molar-refractivity contribution is 6.71. The monoisotopic (exact) mass is 240 g/mol. The molecule has 0 N–H and O–H groups in total. The third-order valence-corrected chi connectivity index (χ3v) is 8.93. The molecular formula is C13H24O2Si. The Morgan fingerprint density at radius 3 is 2.00 bits per heavy atom. The Balaban J connectivity index is 2.07. The van der Waals surface area contributed by atoms with E-state index in [-0.39, 0.29) is 0 Å². The van der Waals surface area contributed by atoms with Gasteiger partial charge in [0.15, 0.2) is 0 Å². The smallest absolute Gasteiger partial charge is 0.344 e. The van der Waals surface area contributed by atoms with Crippen molar-refractivity contribution in [2.75, 3.05) is 13.2 Å². The zero-order valence-corrected chi connectivity index (χ0v) is 11.4. The first-order valence-electron chi connectivity index (χ1n) is 6.72. The highest BCUT2D eigenvalue weighted by Crippen LogP contribution is 2.53. The van der Waals surface area contributed by atoms with Crippen molar-refractivity contribution in [2.24, 2.45) is 0 Å². The average molecular weight is 240 g/mol. The molecule has 0 amide bonds. The van der Waals surface area contributed by atoms with E-state index in [0.717, 1.165) is 17.7 Å². The fourth-order valence-corrected chi connectivity index (χ4v) is 7.83. The van der Waals surface area contributed by atoms with Gasteiger partial charge in [0, 0.05) is 17.7 Å². The van der Waals surface area contributed by atoms with Crippen LogP contribution < -0.4 is 0 Å². The molecule has 2 aliphatic carbocycles. The first-order chi connectivity index (χ1) is 7.83. The molecule has 0 saturated heterocycles. The van der Waals surface area contributed by atoms with Gasteiger partial charge < -0.3 is 8.85 Å². The summed E-state index contributed by atoms with van der Waals surface area (Å²) in [6.07, 6.45) is 9.95. The molecule has 0 aromatic heterocycles. The van der Waals surface area contributed by atoms with Crippen molar-refractivity contribution in [3.8, 4) is 0 Å². The fraction of sp³-hybridized carbons (Fsp3) is 0.846. The summed E-state index contributed by atoms with van der Waals surface area (Å²) in [5.41, 5.74) is 1.52. The molecule has 92 valence electrons. The molecule has 0 atom stereocenters. The average Bonchev–Trinajstić information content (AvgIpc) is 2.09.